The van der Waals surface area contributed by atoms with Crippen molar-refractivity contribution >= 4 is 17.1 Å². The number of nitrogens with two attached hydrogens (primary N) is 1. The van der Waals surface area contributed by atoms with Gasteiger partial charge in [-0.25, -0.2) is 0 Å². The molecule has 0 bridgehead atoms. The van der Waals surface area contributed by atoms with Gasteiger partial charge < -0.3 is 15.8 Å². The van der Waals surface area contributed by atoms with Crippen LogP contribution in [0.5, 0.6) is 0 Å². The topological polar surface area (TPSA) is 90.4 Å². The molecule has 0 spiro atoms. The SMILES string of the molecule is CCCC(COC)Nc1cc(N)cc([N+](=O)[O-])c1. The van der Waals surface area contributed by atoms with Crippen molar-refractivity contribution in [2.45, 2.75) is 25.8 Å². The number of nitrogens with zero attached hydrogens (tertiary/aromatic N) is 1. The molecule has 1 rings (SSSR count). The number of rotatable bonds is 7. The standard InChI is InChI=1S/C12H19N3O3/c1-3-4-10(8-18-2)14-11-5-9(13)6-12(7-11)15(16)17/h5-7,10,14H,3-4,8,13H2,1-2H3. The molecule has 0 aliphatic carbocycles. The Kier molecular flexibility index (Phi) is 5.38. The average Bonchev–Trinajstić information content (AvgIpc) is 2.28. The highest BCUT2D eigenvalue weighted by Gasteiger charge is 2.12. The summed E-state index contributed by atoms with van der Waals surface area (Å²) in [5, 5.41) is 13.9. The summed E-state index contributed by atoms with van der Waals surface area (Å²) in [6, 6.07) is 4.64. The minimum absolute atomic E-state index is 0.00911. The monoisotopic (exact) mass is 253 g/mol. The molecule has 0 fully saturated rings. The van der Waals surface area contributed by atoms with Crippen molar-refractivity contribution in [2.75, 3.05) is 24.8 Å². The number of nitro groups is 1. The van der Waals surface area contributed by atoms with Gasteiger partial charge in [0, 0.05) is 36.7 Å². The minimum atomic E-state index is -0.452. The van der Waals surface area contributed by atoms with Gasteiger partial charge in [-0.3, -0.25) is 10.1 Å². The van der Waals surface area contributed by atoms with E-state index in [4.69, 9.17) is 10.5 Å². The predicted molar refractivity (Wildman–Crippen MR) is 71.7 cm³/mol. The van der Waals surface area contributed by atoms with Crippen molar-refractivity contribution in [3.05, 3.63) is 28.3 Å². The zero-order valence-corrected chi connectivity index (χ0v) is 10.7. The molecule has 0 aliphatic heterocycles. The zero-order chi connectivity index (χ0) is 13.5. The van der Waals surface area contributed by atoms with E-state index < -0.39 is 4.92 Å². The van der Waals surface area contributed by atoms with Crippen LogP contribution >= 0.6 is 0 Å². The molecule has 0 radical (unpaired) electrons. The summed E-state index contributed by atoms with van der Waals surface area (Å²) in [5.41, 5.74) is 6.66. The van der Waals surface area contributed by atoms with Gasteiger partial charge in [0.25, 0.3) is 5.69 Å². The number of ether oxygens (including phenoxy) is 1. The molecule has 1 atom stereocenters. The third-order valence-corrected chi connectivity index (χ3v) is 2.53. The summed E-state index contributed by atoms with van der Waals surface area (Å²) in [4.78, 5) is 10.3. The third kappa shape index (κ3) is 4.21. The summed E-state index contributed by atoms with van der Waals surface area (Å²) in [6.07, 6.45) is 1.93. The Labute approximate surface area is 106 Å². The van der Waals surface area contributed by atoms with E-state index in [1.54, 1.807) is 13.2 Å². The molecule has 0 heterocycles. The van der Waals surface area contributed by atoms with Gasteiger partial charge in [-0.05, 0) is 12.5 Å². The molecule has 0 saturated carbocycles. The highest BCUT2D eigenvalue weighted by molar-refractivity contribution is 5.61. The molecule has 1 aromatic rings. The Hall–Kier alpha value is -1.82. The van der Waals surface area contributed by atoms with Crippen LogP contribution in [0.2, 0.25) is 0 Å². The fraction of sp³-hybridized carbons (Fsp3) is 0.500. The van der Waals surface area contributed by atoms with Gasteiger partial charge >= 0.3 is 0 Å². The quantitative estimate of drug-likeness (QED) is 0.442. The number of nitrogen functional groups attached to an aromatic ring is 1. The molecule has 0 amide bonds. The normalized spacial score (nSPS) is 12.1. The van der Waals surface area contributed by atoms with Crippen LogP contribution in [0.25, 0.3) is 0 Å². The summed E-state index contributed by atoms with van der Waals surface area (Å²) in [6.45, 7) is 2.63. The number of non-ortho nitro benzene ring substituents is 1. The van der Waals surface area contributed by atoms with E-state index in [0.717, 1.165) is 12.8 Å². The molecule has 1 aromatic carbocycles. The van der Waals surface area contributed by atoms with Crippen LogP contribution in [-0.2, 0) is 4.74 Å². The van der Waals surface area contributed by atoms with Crippen LogP contribution in [0.3, 0.4) is 0 Å². The van der Waals surface area contributed by atoms with E-state index in [9.17, 15) is 10.1 Å². The summed E-state index contributed by atoms with van der Waals surface area (Å²) < 4.78 is 5.11. The first-order valence-corrected chi connectivity index (χ1v) is 5.87. The van der Waals surface area contributed by atoms with E-state index in [1.807, 2.05) is 0 Å². The maximum absolute atomic E-state index is 10.7. The zero-order valence-electron chi connectivity index (χ0n) is 10.7. The van der Waals surface area contributed by atoms with Gasteiger partial charge in [-0.2, -0.15) is 0 Å². The maximum Gasteiger partial charge on any atom is 0.273 e. The Balaban J connectivity index is 2.84. The lowest BCUT2D eigenvalue weighted by atomic mass is 10.1. The second kappa shape index (κ2) is 6.80. The lowest BCUT2D eigenvalue weighted by Gasteiger charge is -2.18. The molecule has 0 aliphatic rings. The molecule has 0 aromatic heterocycles. The molecule has 6 heteroatoms. The second-order valence-corrected chi connectivity index (χ2v) is 4.16. The summed E-state index contributed by atoms with van der Waals surface area (Å²) >= 11 is 0. The fourth-order valence-corrected chi connectivity index (χ4v) is 1.81. The van der Waals surface area contributed by atoms with Gasteiger partial charge in [-0.15, -0.1) is 0 Å². The molecule has 0 saturated heterocycles. The molecule has 100 valence electrons. The van der Waals surface area contributed by atoms with Crippen LogP contribution in [0.4, 0.5) is 17.1 Å². The van der Waals surface area contributed by atoms with E-state index >= 15 is 0 Å². The van der Waals surface area contributed by atoms with Crippen molar-refractivity contribution in [3.63, 3.8) is 0 Å². The lowest BCUT2D eigenvalue weighted by molar-refractivity contribution is -0.384. The highest BCUT2D eigenvalue weighted by atomic mass is 16.6. The lowest BCUT2D eigenvalue weighted by Crippen LogP contribution is -2.24. The Morgan fingerprint density at radius 1 is 1.50 bits per heavy atom. The first kappa shape index (κ1) is 14.2. The average molecular weight is 253 g/mol. The van der Waals surface area contributed by atoms with Crippen molar-refractivity contribution in [3.8, 4) is 0 Å². The minimum Gasteiger partial charge on any atom is -0.398 e. The number of nitro benzene ring substituents is 1. The molecule has 18 heavy (non-hydrogen) atoms. The first-order chi connectivity index (χ1) is 8.56. The van der Waals surface area contributed by atoms with Crippen molar-refractivity contribution in [1.82, 2.24) is 0 Å². The van der Waals surface area contributed by atoms with E-state index in [0.29, 0.717) is 18.0 Å². The predicted octanol–water partition coefficient (Wildman–Crippen LogP) is 2.40. The van der Waals surface area contributed by atoms with Gasteiger partial charge in [0.15, 0.2) is 0 Å². The molecule has 3 N–H and O–H groups in total. The van der Waals surface area contributed by atoms with Gasteiger partial charge in [-0.1, -0.05) is 13.3 Å². The first-order valence-electron chi connectivity index (χ1n) is 5.87. The number of hydrogen-bond acceptors (Lipinski definition) is 5. The van der Waals surface area contributed by atoms with E-state index in [1.165, 1.54) is 12.1 Å². The van der Waals surface area contributed by atoms with E-state index in [-0.39, 0.29) is 11.7 Å². The highest BCUT2D eigenvalue weighted by Crippen LogP contribution is 2.23. The molecule has 6 nitrogen and oxygen atoms in total. The van der Waals surface area contributed by atoms with Crippen LogP contribution in [0.1, 0.15) is 19.8 Å². The Bertz CT molecular complexity index is 404. The number of hydrogen-bond donors (Lipinski definition) is 2. The van der Waals surface area contributed by atoms with Crippen LogP contribution < -0.4 is 11.1 Å². The number of methoxy groups -OCH3 is 1. The van der Waals surface area contributed by atoms with Crippen LogP contribution in [-0.4, -0.2) is 24.7 Å². The van der Waals surface area contributed by atoms with Crippen molar-refractivity contribution in [2.24, 2.45) is 0 Å². The molecular formula is C12H19N3O3. The second-order valence-electron chi connectivity index (χ2n) is 4.16. The van der Waals surface area contributed by atoms with Crippen LogP contribution in [0, 0.1) is 10.1 Å². The number of benzene rings is 1. The van der Waals surface area contributed by atoms with Gasteiger partial charge in [0.2, 0.25) is 0 Å². The summed E-state index contributed by atoms with van der Waals surface area (Å²) in [5.74, 6) is 0. The largest absolute Gasteiger partial charge is 0.398 e. The van der Waals surface area contributed by atoms with E-state index in [2.05, 4.69) is 12.2 Å². The Morgan fingerprint density at radius 2 is 2.22 bits per heavy atom. The Morgan fingerprint density at radius 3 is 2.78 bits per heavy atom. The van der Waals surface area contributed by atoms with Crippen molar-refractivity contribution < 1.29 is 9.66 Å². The maximum atomic E-state index is 10.7. The molecule has 1 unspecified atom stereocenters. The number of nitrogens with one attached hydrogen (secondary N) is 1. The number of anilines is 2. The van der Waals surface area contributed by atoms with Crippen molar-refractivity contribution in [1.29, 1.82) is 0 Å². The van der Waals surface area contributed by atoms with Gasteiger partial charge in [0.1, 0.15) is 0 Å². The third-order valence-electron chi connectivity index (χ3n) is 2.53. The smallest absolute Gasteiger partial charge is 0.273 e. The van der Waals surface area contributed by atoms with Crippen LogP contribution in [0.15, 0.2) is 18.2 Å². The van der Waals surface area contributed by atoms with Gasteiger partial charge in [0.05, 0.1) is 11.5 Å². The fourth-order valence-electron chi connectivity index (χ4n) is 1.81. The molecular weight excluding hydrogens is 234 g/mol. The summed E-state index contributed by atoms with van der Waals surface area (Å²) in [7, 11) is 1.63.